The number of nitrogens with one attached hydrogen (secondary N) is 3. The van der Waals surface area contributed by atoms with Gasteiger partial charge in [0.25, 0.3) is 0 Å². The summed E-state index contributed by atoms with van der Waals surface area (Å²) in [5, 5.41) is 9.82. The highest BCUT2D eigenvalue weighted by molar-refractivity contribution is 5.92. The number of amides is 3. The number of ether oxygens (including phenoxy) is 1. The van der Waals surface area contributed by atoms with Gasteiger partial charge >= 0.3 is 12.1 Å². The molecule has 0 spiro atoms. The third-order valence-corrected chi connectivity index (χ3v) is 3.84. The molecule has 9 heteroatoms. The molecule has 3 N–H and O–H groups in total. The van der Waals surface area contributed by atoms with Crippen LogP contribution in [0.2, 0.25) is 0 Å². The van der Waals surface area contributed by atoms with E-state index in [0.717, 1.165) is 16.3 Å². The summed E-state index contributed by atoms with van der Waals surface area (Å²) in [5.74, 6) is 0.452. The largest absolute Gasteiger partial charge is 0.445 e. The van der Waals surface area contributed by atoms with E-state index in [4.69, 9.17) is 4.74 Å². The lowest BCUT2D eigenvalue weighted by molar-refractivity contribution is 0.139. The molecule has 0 saturated carbocycles. The molecule has 2 aromatic heterocycles. The average Bonchev–Trinajstić information content (AvgIpc) is 2.71. The SMILES string of the molecule is CCNC(=O)Nc1cc2cccc(CNC(=O)OCc3cncnc3)c2cn1. The zero-order valence-corrected chi connectivity index (χ0v) is 15.3. The standard InChI is InChI=1S/C19H20N6O3/c1-2-22-18(26)25-17-6-14-4-3-5-15(16(14)10-23-17)9-24-19(27)28-11-13-7-20-12-21-8-13/h3-8,10,12H,2,9,11H2,1H3,(H,24,27)(H2,22,23,25,26). The van der Waals surface area contributed by atoms with Gasteiger partial charge in [-0.1, -0.05) is 18.2 Å². The Bertz CT molecular complexity index is 964. The molecule has 3 rings (SSSR count). The van der Waals surface area contributed by atoms with Gasteiger partial charge in [0.15, 0.2) is 0 Å². The first kappa shape index (κ1) is 19.0. The minimum Gasteiger partial charge on any atom is -0.445 e. The Morgan fingerprint density at radius 2 is 1.93 bits per heavy atom. The van der Waals surface area contributed by atoms with Crippen LogP contribution >= 0.6 is 0 Å². The van der Waals surface area contributed by atoms with Gasteiger partial charge < -0.3 is 15.4 Å². The molecule has 0 radical (unpaired) electrons. The Hall–Kier alpha value is -3.75. The number of carbonyl (C=O) groups is 2. The number of alkyl carbamates (subject to hydrolysis) is 1. The lowest BCUT2D eigenvalue weighted by Crippen LogP contribution is -2.28. The van der Waals surface area contributed by atoms with Gasteiger partial charge in [-0.3, -0.25) is 5.32 Å². The van der Waals surface area contributed by atoms with Gasteiger partial charge in [0.05, 0.1) is 0 Å². The maximum Gasteiger partial charge on any atom is 0.407 e. The summed E-state index contributed by atoms with van der Waals surface area (Å²) < 4.78 is 5.15. The molecule has 0 bridgehead atoms. The van der Waals surface area contributed by atoms with Gasteiger partial charge in [0.1, 0.15) is 18.8 Å². The number of pyridine rings is 1. The summed E-state index contributed by atoms with van der Waals surface area (Å²) in [4.78, 5) is 35.5. The number of carbonyl (C=O) groups excluding carboxylic acids is 2. The van der Waals surface area contributed by atoms with E-state index in [9.17, 15) is 9.59 Å². The summed E-state index contributed by atoms with van der Waals surface area (Å²) in [6.45, 7) is 2.75. The highest BCUT2D eigenvalue weighted by Crippen LogP contribution is 2.20. The quantitative estimate of drug-likeness (QED) is 0.605. The van der Waals surface area contributed by atoms with E-state index >= 15 is 0 Å². The summed E-state index contributed by atoms with van der Waals surface area (Å²) in [6.07, 6.45) is 5.71. The van der Waals surface area contributed by atoms with Crippen LogP contribution in [0.4, 0.5) is 15.4 Å². The lowest BCUT2D eigenvalue weighted by atomic mass is 10.1. The smallest absolute Gasteiger partial charge is 0.407 e. The number of rotatable bonds is 6. The van der Waals surface area contributed by atoms with E-state index < -0.39 is 6.09 Å². The van der Waals surface area contributed by atoms with Crippen LogP contribution in [-0.2, 0) is 17.9 Å². The third-order valence-electron chi connectivity index (χ3n) is 3.84. The molecular formula is C19H20N6O3. The summed E-state index contributed by atoms with van der Waals surface area (Å²) in [6, 6.07) is 7.16. The van der Waals surface area contributed by atoms with Gasteiger partial charge in [-0.25, -0.2) is 24.5 Å². The van der Waals surface area contributed by atoms with E-state index in [-0.39, 0.29) is 19.2 Å². The van der Waals surface area contributed by atoms with Crippen molar-refractivity contribution >= 4 is 28.7 Å². The predicted molar refractivity (Wildman–Crippen MR) is 103 cm³/mol. The minimum atomic E-state index is -0.539. The molecule has 1 aromatic carbocycles. The van der Waals surface area contributed by atoms with Crippen LogP contribution in [0.1, 0.15) is 18.1 Å². The fourth-order valence-corrected chi connectivity index (χ4v) is 2.55. The minimum absolute atomic E-state index is 0.0959. The number of nitrogens with zero attached hydrogens (tertiary/aromatic N) is 3. The van der Waals surface area contributed by atoms with Crippen molar-refractivity contribution in [1.82, 2.24) is 25.6 Å². The number of hydrogen-bond acceptors (Lipinski definition) is 6. The molecular weight excluding hydrogens is 360 g/mol. The van der Waals surface area contributed by atoms with Crippen molar-refractivity contribution in [3.05, 3.63) is 60.3 Å². The maximum atomic E-state index is 11.9. The molecule has 0 aliphatic rings. The van der Waals surface area contributed by atoms with Crippen LogP contribution in [-0.4, -0.2) is 33.6 Å². The Labute approximate surface area is 161 Å². The molecule has 9 nitrogen and oxygen atoms in total. The number of hydrogen-bond donors (Lipinski definition) is 3. The van der Waals surface area contributed by atoms with E-state index in [1.807, 2.05) is 25.1 Å². The van der Waals surface area contributed by atoms with Crippen LogP contribution < -0.4 is 16.0 Å². The van der Waals surface area contributed by atoms with Gasteiger partial charge in [-0.2, -0.15) is 0 Å². The van der Waals surface area contributed by atoms with Crippen molar-refractivity contribution in [2.75, 3.05) is 11.9 Å². The average molecular weight is 380 g/mol. The van der Waals surface area contributed by atoms with Crippen molar-refractivity contribution in [1.29, 1.82) is 0 Å². The summed E-state index contributed by atoms with van der Waals surface area (Å²) >= 11 is 0. The number of urea groups is 1. The van der Waals surface area contributed by atoms with Crippen molar-refractivity contribution in [3.63, 3.8) is 0 Å². The van der Waals surface area contributed by atoms with Gasteiger partial charge in [-0.05, 0) is 23.9 Å². The number of fused-ring (bicyclic) bond motifs is 1. The molecule has 0 atom stereocenters. The molecule has 28 heavy (non-hydrogen) atoms. The summed E-state index contributed by atoms with van der Waals surface area (Å²) in [7, 11) is 0. The Morgan fingerprint density at radius 3 is 2.71 bits per heavy atom. The Kier molecular flexibility index (Phi) is 6.29. The lowest BCUT2D eigenvalue weighted by Gasteiger charge is -2.10. The zero-order chi connectivity index (χ0) is 19.8. The normalized spacial score (nSPS) is 10.3. The van der Waals surface area contributed by atoms with Gasteiger partial charge in [0, 0.05) is 42.6 Å². The van der Waals surface area contributed by atoms with E-state index in [0.29, 0.717) is 17.9 Å². The molecule has 0 saturated heterocycles. The van der Waals surface area contributed by atoms with E-state index in [1.54, 1.807) is 24.7 Å². The number of benzene rings is 1. The molecule has 0 aliphatic heterocycles. The first-order valence-corrected chi connectivity index (χ1v) is 8.72. The van der Waals surface area contributed by atoms with Crippen LogP contribution in [0, 0.1) is 0 Å². The second-order valence-corrected chi connectivity index (χ2v) is 5.87. The molecule has 3 aromatic rings. The fourth-order valence-electron chi connectivity index (χ4n) is 2.55. The van der Waals surface area contributed by atoms with Crippen LogP contribution in [0.15, 0.2) is 49.2 Å². The van der Waals surface area contributed by atoms with Gasteiger partial charge in [0.2, 0.25) is 0 Å². The third kappa shape index (κ3) is 5.13. The first-order chi connectivity index (χ1) is 13.7. The molecule has 2 heterocycles. The van der Waals surface area contributed by atoms with Crippen molar-refractivity contribution in [3.8, 4) is 0 Å². The highest BCUT2D eigenvalue weighted by atomic mass is 16.5. The molecule has 144 valence electrons. The summed E-state index contributed by atoms with van der Waals surface area (Å²) in [5.41, 5.74) is 1.59. The van der Waals surface area contributed by atoms with Crippen LogP contribution in [0.3, 0.4) is 0 Å². The van der Waals surface area contributed by atoms with Crippen molar-refractivity contribution in [2.24, 2.45) is 0 Å². The van der Waals surface area contributed by atoms with E-state index in [2.05, 4.69) is 30.9 Å². The van der Waals surface area contributed by atoms with E-state index in [1.165, 1.54) is 6.33 Å². The fraction of sp³-hybridized carbons (Fsp3) is 0.211. The Morgan fingerprint density at radius 1 is 1.11 bits per heavy atom. The van der Waals surface area contributed by atoms with Crippen LogP contribution in [0.5, 0.6) is 0 Å². The van der Waals surface area contributed by atoms with Crippen molar-refractivity contribution < 1.29 is 14.3 Å². The monoisotopic (exact) mass is 380 g/mol. The molecule has 0 aliphatic carbocycles. The predicted octanol–water partition coefficient (Wildman–Crippen LogP) is 2.59. The Balaban J connectivity index is 1.61. The number of anilines is 1. The zero-order valence-electron chi connectivity index (χ0n) is 15.3. The second-order valence-electron chi connectivity index (χ2n) is 5.87. The van der Waals surface area contributed by atoms with Crippen molar-refractivity contribution in [2.45, 2.75) is 20.1 Å². The highest BCUT2D eigenvalue weighted by Gasteiger charge is 2.08. The second kappa shape index (κ2) is 9.26. The molecule has 3 amide bonds. The van der Waals surface area contributed by atoms with Gasteiger partial charge in [-0.15, -0.1) is 0 Å². The van der Waals surface area contributed by atoms with Crippen LogP contribution in [0.25, 0.3) is 10.8 Å². The molecule has 0 fully saturated rings. The maximum absolute atomic E-state index is 11.9. The first-order valence-electron chi connectivity index (χ1n) is 8.72. The topological polar surface area (TPSA) is 118 Å². The number of aromatic nitrogens is 3. The molecule has 0 unspecified atom stereocenters.